The molecule has 31 heavy (non-hydrogen) atoms. The second kappa shape index (κ2) is 11.9. The minimum Gasteiger partial charge on any atom is -0.369 e. The highest BCUT2D eigenvalue weighted by Gasteiger charge is 2.25. The van der Waals surface area contributed by atoms with Gasteiger partial charge in [-0.05, 0) is 38.0 Å². The van der Waals surface area contributed by atoms with Crippen LogP contribution in [0, 0.1) is 5.92 Å². The van der Waals surface area contributed by atoms with Crippen LogP contribution in [-0.4, -0.2) is 53.0 Å². The van der Waals surface area contributed by atoms with E-state index in [0.717, 1.165) is 56.4 Å². The fourth-order valence-corrected chi connectivity index (χ4v) is 3.82. The number of aromatic nitrogens is 2. The Kier molecular flexibility index (Phi) is 9.60. The Morgan fingerprint density at radius 3 is 2.68 bits per heavy atom. The number of anilines is 1. The van der Waals surface area contributed by atoms with E-state index in [2.05, 4.69) is 63.0 Å². The average Bonchev–Trinajstić information content (AvgIpc) is 3.15. The highest BCUT2D eigenvalue weighted by Crippen LogP contribution is 2.25. The minimum atomic E-state index is -0.197. The summed E-state index contributed by atoms with van der Waals surface area (Å²) >= 11 is 0. The number of pyridine rings is 1. The Labute approximate surface area is 201 Å². The monoisotopic (exact) mass is 539 g/mol. The molecule has 1 aliphatic heterocycles. The second-order valence-corrected chi connectivity index (χ2v) is 7.79. The fourth-order valence-electron chi connectivity index (χ4n) is 3.82. The summed E-state index contributed by atoms with van der Waals surface area (Å²) in [4.78, 5) is 25.3. The van der Waals surface area contributed by atoms with Gasteiger partial charge in [0.25, 0.3) is 0 Å². The van der Waals surface area contributed by atoms with Crippen LogP contribution in [0.15, 0.2) is 41.7 Å². The Morgan fingerprint density at radius 2 is 2.06 bits per heavy atom. The highest BCUT2D eigenvalue weighted by atomic mass is 127. The molecule has 3 N–H and O–H groups in total. The van der Waals surface area contributed by atoms with Crippen molar-refractivity contribution < 1.29 is 4.79 Å². The maximum atomic E-state index is 11.5. The number of guanidine groups is 1. The number of carbonyl (C=O) groups excluding carboxylic acids is 1. The van der Waals surface area contributed by atoms with Gasteiger partial charge in [-0.1, -0.05) is 6.07 Å². The third-order valence-corrected chi connectivity index (χ3v) is 5.61. The van der Waals surface area contributed by atoms with Gasteiger partial charge in [0.1, 0.15) is 5.82 Å². The first-order chi connectivity index (χ1) is 14.5. The molecule has 0 aromatic carbocycles. The molecule has 8 nitrogen and oxygen atoms in total. The number of piperidine rings is 1. The zero-order chi connectivity index (χ0) is 21.5. The summed E-state index contributed by atoms with van der Waals surface area (Å²) in [6.07, 6.45) is 5.42. The van der Waals surface area contributed by atoms with Crippen LogP contribution in [0.4, 0.5) is 5.82 Å². The van der Waals surface area contributed by atoms with Crippen LogP contribution >= 0.6 is 24.0 Å². The largest absolute Gasteiger partial charge is 0.369 e. The summed E-state index contributed by atoms with van der Waals surface area (Å²) in [7, 11) is 4.10. The summed E-state index contributed by atoms with van der Waals surface area (Å²) in [5.41, 5.74) is 7.78. The van der Waals surface area contributed by atoms with Crippen molar-refractivity contribution in [3.05, 3.63) is 47.9 Å². The van der Waals surface area contributed by atoms with Gasteiger partial charge in [-0.25, -0.2) is 9.98 Å². The third kappa shape index (κ3) is 6.59. The summed E-state index contributed by atoms with van der Waals surface area (Å²) in [6, 6.07) is 8.20. The lowest BCUT2D eigenvalue weighted by Gasteiger charge is -2.32. The van der Waals surface area contributed by atoms with Crippen LogP contribution in [0.1, 0.15) is 31.0 Å². The molecule has 1 aliphatic rings. The third-order valence-electron chi connectivity index (χ3n) is 5.61. The fraction of sp³-hybridized carbons (Fsp3) is 0.500. The number of aryl methyl sites for hydroxylation is 1. The first-order valence-electron chi connectivity index (χ1n) is 10.6. The number of hydrogen-bond donors (Lipinski definition) is 2. The summed E-state index contributed by atoms with van der Waals surface area (Å²) < 4.78 is 2.12. The van der Waals surface area contributed by atoms with E-state index < -0.39 is 0 Å². The molecular formula is C22H34IN7O. The maximum Gasteiger partial charge on any atom is 0.220 e. The standard InChI is InChI=1S/C22H33N7O.HI/c1-4-24-22(28(3)16-19-8-6-12-27(19)2)26-15-18-7-5-11-25-21(18)29-13-9-17(10-14-29)20(23)30;/h5-8,11-12,17H,4,9-10,13-16H2,1-3H3,(H2,23,30)(H,24,26);1H. The predicted molar refractivity (Wildman–Crippen MR) is 135 cm³/mol. The lowest BCUT2D eigenvalue weighted by molar-refractivity contribution is -0.122. The van der Waals surface area contributed by atoms with E-state index in [0.29, 0.717) is 6.54 Å². The van der Waals surface area contributed by atoms with E-state index in [4.69, 9.17) is 10.7 Å². The van der Waals surface area contributed by atoms with Crippen LogP contribution in [0.25, 0.3) is 0 Å². The molecule has 170 valence electrons. The molecule has 9 heteroatoms. The molecule has 1 saturated heterocycles. The molecule has 1 fully saturated rings. The topological polar surface area (TPSA) is 91.8 Å². The molecule has 0 radical (unpaired) electrons. The van der Waals surface area contributed by atoms with Gasteiger partial charge < -0.3 is 25.4 Å². The first-order valence-corrected chi connectivity index (χ1v) is 10.6. The van der Waals surface area contributed by atoms with E-state index in [9.17, 15) is 4.79 Å². The number of hydrogen-bond acceptors (Lipinski definition) is 4. The Hall–Kier alpha value is -2.30. The minimum absolute atomic E-state index is 0. The van der Waals surface area contributed by atoms with Crippen molar-refractivity contribution in [2.75, 3.05) is 31.6 Å². The van der Waals surface area contributed by atoms with E-state index in [1.54, 1.807) is 0 Å². The van der Waals surface area contributed by atoms with Crippen molar-refractivity contribution in [3.63, 3.8) is 0 Å². The van der Waals surface area contributed by atoms with Gasteiger partial charge in [0.15, 0.2) is 5.96 Å². The van der Waals surface area contributed by atoms with Gasteiger partial charge >= 0.3 is 0 Å². The van der Waals surface area contributed by atoms with Crippen LogP contribution in [0.2, 0.25) is 0 Å². The van der Waals surface area contributed by atoms with E-state index in [1.165, 1.54) is 5.69 Å². The predicted octanol–water partition coefficient (Wildman–Crippen LogP) is 2.34. The van der Waals surface area contributed by atoms with Crippen LogP contribution < -0.4 is 16.0 Å². The van der Waals surface area contributed by atoms with Crippen LogP contribution in [0.5, 0.6) is 0 Å². The Morgan fingerprint density at radius 1 is 1.32 bits per heavy atom. The number of amides is 1. The van der Waals surface area contributed by atoms with Crippen LogP contribution in [-0.2, 0) is 24.9 Å². The quantitative estimate of drug-likeness (QED) is 0.320. The number of primary amides is 1. The molecule has 0 bridgehead atoms. The lowest BCUT2D eigenvalue weighted by atomic mass is 9.96. The molecule has 0 spiro atoms. The summed E-state index contributed by atoms with van der Waals surface area (Å²) in [6.45, 7) is 5.76. The lowest BCUT2D eigenvalue weighted by Crippen LogP contribution is -2.39. The van der Waals surface area contributed by atoms with Crippen molar-refractivity contribution in [1.29, 1.82) is 0 Å². The van der Waals surface area contributed by atoms with Gasteiger partial charge in [-0.2, -0.15) is 0 Å². The number of rotatable bonds is 7. The molecule has 0 aliphatic carbocycles. The van der Waals surface area contributed by atoms with Crippen molar-refractivity contribution in [2.24, 2.45) is 23.7 Å². The molecule has 0 unspecified atom stereocenters. The molecule has 2 aromatic heterocycles. The maximum absolute atomic E-state index is 11.5. The second-order valence-electron chi connectivity index (χ2n) is 7.79. The van der Waals surface area contributed by atoms with Gasteiger partial charge in [-0.15, -0.1) is 24.0 Å². The number of halogens is 1. The van der Waals surface area contributed by atoms with Crippen LogP contribution in [0.3, 0.4) is 0 Å². The zero-order valence-electron chi connectivity index (χ0n) is 18.6. The van der Waals surface area contributed by atoms with Crippen molar-refractivity contribution in [1.82, 2.24) is 19.8 Å². The van der Waals surface area contributed by atoms with Gasteiger partial charge in [0, 0.05) is 63.3 Å². The smallest absolute Gasteiger partial charge is 0.220 e. The van der Waals surface area contributed by atoms with Crippen molar-refractivity contribution in [2.45, 2.75) is 32.9 Å². The number of carbonyl (C=O) groups is 1. The van der Waals surface area contributed by atoms with E-state index >= 15 is 0 Å². The number of aliphatic imine (C=N–C) groups is 1. The number of nitrogens with zero attached hydrogens (tertiary/aromatic N) is 5. The normalized spacial score (nSPS) is 14.8. The number of nitrogens with two attached hydrogens (primary N) is 1. The Balaban J connectivity index is 0.00000341. The molecule has 1 amide bonds. The van der Waals surface area contributed by atoms with Gasteiger partial charge in [-0.3, -0.25) is 4.79 Å². The molecule has 3 heterocycles. The molecule has 2 aromatic rings. The summed E-state index contributed by atoms with van der Waals surface area (Å²) in [5.74, 6) is 1.58. The SMILES string of the molecule is CCNC(=NCc1cccnc1N1CCC(C(N)=O)CC1)N(C)Cc1cccn1C.I. The first kappa shape index (κ1) is 25.0. The van der Waals surface area contributed by atoms with Gasteiger partial charge in [0.05, 0.1) is 13.1 Å². The molecule has 3 rings (SSSR count). The Bertz CT molecular complexity index is 874. The highest BCUT2D eigenvalue weighted by molar-refractivity contribution is 14.0. The average molecular weight is 539 g/mol. The molecular weight excluding hydrogens is 505 g/mol. The van der Waals surface area contributed by atoms with Crippen molar-refractivity contribution >= 4 is 41.7 Å². The van der Waals surface area contributed by atoms with Gasteiger partial charge in [0.2, 0.25) is 5.91 Å². The van der Waals surface area contributed by atoms with E-state index in [-0.39, 0.29) is 35.8 Å². The zero-order valence-corrected chi connectivity index (χ0v) is 21.0. The molecule has 0 atom stereocenters. The number of nitrogens with one attached hydrogen (secondary N) is 1. The van der Waals surface area contributed by atoms with E-state index in [1.807, 2.05) is 19.3 Å². The molecule has 0 saturated carbocycles. The van der Waals surface area contributed by atoms with Crippen molar-refractivity contribution in [3.8, 4) is 0 Å². The summed E-state index contributed by atoms with van der Waals surface area (Å²) in [5, 5.41) is 3.38.